The van der Waals surface area contributed by atoms with Crippen molar-refractivity contribution in [2.45, 2.75) is 56.7 Å². The van der Waals surface area contributed by atoms with Crippen LogP contribution in [0.15, 0.2) is 30.3 Å². The average Bonchev–Trinajstić information content (AvgIpc) is 2.61. The van der Waals surface area contributed by atoms with Crippen LogP contribution in [0.4, 0.5) is 0 Å². The lowest BCUT2D eigenvalue weighted by Gasteiger charge is -2.32. The van der Waals surface area contributed by atoms with E-state index in [-0.39, 0.29) is 29.1 Å². The van der Waals surface area contributed by atoms with Crippen molar-refractivity contribution >= 4 is 23.6 Å². The van der Waals surface area contributed by atoms with Gasteiger partial charge in [0.25, 0.3) is 0 Å². The highest BCUT2D eigenvalue weighted by atomic mass is 32.2. The minimum absolute atomic E-state index is 0.0648. The Labute approximate surface area is 161 Å². The number of thioether (sulfide) groups is 1. The van der Waals surface area contributed by atoms with Gasteiger partial charge in [-0.2, -0.15) is 0 Å². The van der Waals surface area contributed by atoms with E-state index in [2.05, 4.69) is 27.7 Å². The van der Waals surface area contributed by atoms with Crippen molar-refractivity contribution in [2.24, 2.45) is 0 Å². The van der Waals surface area contributed by atoms with Gasteiger partial charge >= 0.3 is 0 Å². The fraction of sp³-hybridized carbons (Fsp3) is 0.600. The second-order valence-corrected chi connectivity index (χ2v) is 8.55. The highest BCUT2D eigenvalue weighted by Gasteiger charge is 2.24. The second kappa shape index (κ2) is 10.6. The maximum absolute atomic E-state index is 12.4. The third-order valence-corrected chi connectivity index (χ3v) is 5.68. The number of carbonyl (C=O) groups excluding carboxylic acids is 2. The lowest BCUT2D eigenvalue weighted by molar-refractivity contribution is -0.124. The summed E-state index contributed by atoms with van der Waals surface area (Å²) in [6, 6.07) is 10.6. The minimum Gasteiger partial charge on any atom is -0.353 e. The van der Waals surface area contributed by atoms with Crippen LogP contribution in [-0.2, 0) is 15.3 Å². The SMILES string of the molecule is CC(C)NC(=O)CN1CCC(NC(=O)C(C)SCc2ccccc2)CC1. The molecule has 0 bridgehead atoms. The first-order valence-corrected chi connectivity index (χ1v) is 10.5. The maximum atomic E-state index is 12.4. The van der Waals surface area contributed by atoms with Crippen molar-refractivity contribution in [3.8, 4) is 0 Å². The van der Waals surface area contributed by atoms with Crippen molar-refractivity contribution in [3.63, 3.8) is 0 Å². The third kappa shape index (κ3) is 7.38. The average molecular weight is 378 g/mol. The van der Waals surface area contributed by atoms with Crippen molar-refractivity contribution in [3.05, 3.63) is 35.9 Å². The van der Waals surface area contributed by atoms with E-state index in [1.165, 1.54) is 5.56 Å². The zero-order chi connectivity index (χ0) is 18.9. The third-order valence-electron chi connectivity index (χ3n) is 4.46. The predicted octanol–water partition coefficient (Wildman–Crippen LogP) is 2.41. The molecule has 1 saturated heterocycles. The summed E-state index contributed by atoms with van der Waals surface area (Å²) in [7, 11) is 0. The van der Waals surface area contributed by atoms with E-state index in [4.69, 9.17) is 0 Å². The standard InChI is InChI=1S/C20H31N3O2S/c1-15(2)21-19(24)13-23-11-9-18(10-12-23)22-20(25)16(3)26-14-17-7-5-4-6-8-17/h4-8,15-16,18H,9-14H2,1-3H3,(H,21,24)(H,22,25). The van der Waals surface area contributed by atoms with Gasteiger partial charge in [-0.3, -0.25) is 14.5 Å². The Morgan fingerprint density at radius 3 is 2.42 bits per heavy atom. The summed E-state index contributed by atoms with van der Waals surface area (Å²) in [6.45, 7) is 8.05. The molecule has 5 nitrogen and oxygen atoms in total. The first-order valence-electron chi connectivity index (χ1n) is 9.41. The smallest absolute Gasteiger partial charge is 0.234 e. The first-order chi connectivity index (χ1) is 12.4. The molecule has 0 spiro atoms. The summed E-state index contributed by atoms with van der Waals surface area (Å²) in [4.78, 5) is 26.4. The van der Waals surface area contributed by atoms with Crippen molar-refractivity contribution in [2.75, 3.05) is 19.6 Å². The number of hydrogen-bond donors (Lipinski definition) is 2. The lowest BCUT2D eigenvalue weighted by Crippen LogP contribution is -2.49. The Hall–Kier alpha value is -1.53. The first kappa shape index (κ1) is 20.8. The minimum atomic E-state index is -0.0648. The Morgan fingerprint density at radius 1 is 1.15 bits per heavy atom. The summed E-state index contributed by atoms with van der Waals surface area (Å²) in [6.07, 6.45) is 1.80. The number of rotatable bonds is 8. The fourth-order valence-electron chi connectivity index (χ4n) is 3.00. The summed E-state index contributed by atoms with van der Waals surface area (Å²) in [5.74, 6) is 1.04. The molecule has 0 aromatic heterocycles. The Bertz CT molecular complexity index is 572. The molecule has 0 aliphatic carbocycles. The lowest BCUT2D eigenvalue weighted by atomic mass is 10.0. The largest absolute Gasteiger partial charge is 0.353 e. The molecule has 2 rings (SSSR count). The van der Waals surface area contributed by atoms with E-state index in [0.717, 1.165) is 31.7 Å². The highest BCUT2D eigenvalue weighted by Crippen LogP contribution is 2.18. The van der Waals surface area contributed by atoms with Gasteiger partial charge in [-0.1, -0.05) is 30.3 Å². The van der Waals surface area contributed by atoms with E-state index < -0.39 is 0 Å². The zero-order valence-electron chi connectivity index (χ0n) is 16.0. The molecule has 1 aliphatic heterocycles. The van der Waals surface area contributed by atoms with Crippen LogP contribution in [-0.4, -0.2) is 53.7 Å². The Morgan fingerprint density at radius 2 is 1.81 bits per heavy atom. The van der Waals surface area contributed by atoms with E-state index in [1.54, 1.807) is 11.8 Å². The number of likely N-dealkylation sites (tertiary alicyclic amines) is 1. The number of carbonyl (C=O) groups is 2. The van der Waals surface area contributed by atoms with Crippen molar-refractivity contribution in [1.29, 1.82) is 0 Å². The van der Waals surface area contributed by atoms with Crippen molar-refractivity contribution < 1.29 is 9.59 Å². The van der Waals surface area contributed by atoms with Gasteiger partial charge < -0.3 is 10.6 Å². The van der Waals surface area contributed by atoms with Crippen LogP contribution in [0.2, 0.25) is 0 Å². The zero-order valence-corrected chi connectivity index (χ0v) is 16.8. The van der Waals surface area contributed by atoms with Crippen LogP contribution in [0.25, 0.3) is 0 Å². The fourth-order valence-corrected chi connectivity index (χ4v) is 3.85. The van der Waals surface area contributed by atoms with Crippen LogP contribution >= 0.6 is 11.8 Å². The van der Waals surface area contributed by atoms with E-state index in [9.17, 15) is 9.59 Å². The van der Waals surface area contributed by atoms with E-state index in [0.29, 0.717) is 6.54 Å². The number of benzene rings is 1. The molecule has 1 atom stereocenters. The van der Waals surface area contributed by atoms with Gasteiger partial charge in [-0.15, -0.1) is 11.8 Å². The monoisotopic (exact) mass is 377 g/mol. The van der Waals surface area contributed by atoms with E-state index >= 15 is 0 Å². The van der Waals surface area contributed by atoms with Gasteiger partial charge in [0.1, 0.15) is 0 Å². The van der Waals surface area contributed by atoms with Gasteiger partial charge in [0.2, 0.25) is 11.8 Å². The molecule has 26 heavy (non-hydrogen) atoms. The Balaban J connectivity index is 1.66. The van der Waals surface area contributed by atoms with Gasteiger partial charge in [-0.25, -0.2) is 0 Å². The molecule has 144 valence electrons. The number of nitrogens with zero attached hydrogens (tertiary/aromatic N) is 1. The van der Waals surface area contributed by atoms with Gasteiger partial charge in [0, 0.05) is 30.9 Å². The summed E-state index contributed by atoms with van der Waals surface area (Å²) < 4.78 is 0. The molecular weight excluding hydrogens is 346 g/mol. The van der Waals surface area contributed by atoms with E-state index in [1.807, 2.05) is 39.0 Å². The molecule has 1 fully saturated rings. The number of nitrogens with one attached hydrogen (secondary N) is 2. The molecule has 1 heterocycles. The normalized spacial score (nSPS) is 17.1. The maximum Gasteiger partial charge on any atom is 0.234 e. The number of amides is 2. The summed E-state index contributed by atoms with van der Waals surface area (Å²) in [5.41, 5.74) is 1.24. The quantitative estimate of drug-likeness (QED) is 0.730. The van der Waals surface area contributed by atoms with Gasteiger partial charge in [0.05, 0.1) is 11.8 Å². The number of piperidine rings is 1. The molecule has 1 aromatic carbocycles. The van der Waals surface area contributed by atoms with Gasteiger partial charge in [0.15, 0.2) is 0 Å². The highest BCUT2D eigenvalue weighted by molar-refractivity contribution is 7.99. The molecule has 6 heteroatoms. The second-order valence-electron chi connectivity index (χ2n) is 7.22. The van der Waals surface area contributed by atoms with Crippen LogP contribution in [0.1, 0.15) is 39.2 Å². The topological polar surface area (TPSA) is 61.4 Å². The molecular formula is C20H31N3O2S. The number of hydrogen-bond acceptors (Lipinski definition) is 4. The molecule has 1 unspecified atom stereocenters. The van der Waals surface area contributed by atoms with Crippen LogP contribution in [0.5, 0.6) is 0 Å². The van der Waals surface area contributed by atoms with Crippen molar-refractivity contribution in [1.82, 2.24) is 15.5 Å². The summed E-state index contributed by atoms with van der Waals surface area (Å²) in [5, 5.41) is 6.03. The molecule has 0 saturated carbocycles. The molecule has 0 radical (unpaired) electrons. The molecule has 2 N–H and O–H groups in total. The van der Waals surface area contributed by atoms with Crippen LogP contribution in [0, 0.1) is 0 Å². The predicted molar refractivity (Wildman–Crippen MR) is 108 cm³/mol. The Kier molecular flexibility index (Phi) is 8.45. The molecule has 1 aromatic rings. The van der Waals surface area contributed by atoms with Crippen LogP contribution in [0.3, 0.4) is 0 Å². The van der Waals surface area contributed by atoms with Gasteiger partial charge in [-0.05, 0) is 39.2 Å². The van der Waals surface area contributed by atoms with Crippen LogP contribution < -0.4 is 10.6 Å². The molecule has 2 amide bonds. The molecule has 1 aliphatic rings. The summed E-state index contributed by atoms with van der Waals surface area (Å²) >= 11 is 1.67.